The second kappa shape index (κ2) is 16.7. The highest BCUT2D eigenvalue weighted by atomic mass is 15.2. The molecule has 408 valence electrons. The molecule has 2 heterocycles. The molecule has 0 fully saturated rings. The largest absolute Gasteiger partial charge is 0.310 e. The maximum Gasteiger partial charge on any atom is 0.0583 e. The van der Waals surface area contributed by atoms with Crippen LogP contribution in [0.3, 0.4) is 0 Å². The molecule has 0 N–H and O–H groups in total. The van der Waals surface area contributed by atoms with Crippen molar-refractivity contribution in [3.05, 3.63) is 274 Å². The van der Waals surface area contributed by atoms with Crippen LogP contribution in [0.15, 0.2) is 218 Å². The van der Waals surface area contributed by atoms with Crippen molar-refractivity contribution < 1.29 is 0 Å². The van der Waals surface area contributed by atoms with E-state index in [0.29, 0.717) is 0 Å². The van der Waals surface area contributed by atoms with E-state index >= 15 is 0 Å². The van der Waals surface area contributed by atoms with Gasteiger partial charge in [0.05, 0.1) is 16.7 Å². The van der Waals surface area contributed by atoms with Crippen LogP contribution in [0, 0.1) is 0 Å². The number of aromatic nitrogens is 1. The van der Waals surface area contributed by atoms with Gasteiger partial charge in [-0.05, 0) is 192 Å². The predicted molar refractivity (Wildman–Crippen MR) is 353 cm³/mol. The van der Waals surface area contributed by atoms with Crippen LogP contribution < -0.4 is 9.80 Å². The molecule has 6 aliphatic rings. The first-order chi connectivity index (χ1) is 40.4. The molecule has 3 nitrogen and oxygen atoms in total. The Morgan fingerprint density at radius 2 is 0.702 bits per heavy atom. The highest BCUT2D eigenvalue weighted by Crippen LogP contribution is 2.58. The van der Waals surface area contributed by atoms with E-state index in [1.54, 1.807) is 5.57 Å². The number of hydrogen-bond donors (Lipinski definition) is 0. The predicted octanol–water partition coefficient (Wildman–Crippen LogP) is 21.7. The zero-order chi connectivity index (χ0) is 57.1. The van der Waals surface area contributed by atoms with Crippen LogP contribution in [0.25, 0.3) is 66.4 Å². The van der Waals surface area contributed by atoms with E-state index in [4.69, 9.17) is 0 Å². The second-order valence-electron chi connectivity index (χ2n) is 27.6. The zero-order valence-corrected chi connectivity index (χ0v) is 50.0. The lowest BCUT2D eigenvalue weighted by Crippen LogP contribution is -2.26. The molecule has 11 aromatic rings. The van der Waals surface area contributed by atoms with E-state index in [2.05, 4.69) is 296 Å². The average molecular weight is 1080 g/mol. The molecule has 0 saturated heterocycles. The van der Waals surface area contributed by atoms with Crippen molar-refractivity contribution in [2.75, 3.05) is 9.80 Å². The number of benzene rings is 10. The van der Waals surface area contributed by atoms with Crippen molar-refractivity contribution in [2.45, 2.75) is 109 Å². The maximum atomic E-state index is 2.60. The van der Waals surface area contributed by atoms with Gasteiger partial charge in [0.15, 0.2) is 0 Å². The van der Waals surface area contributed by atoms with Gasteiger partial charge in [0, 0.05) is 72.0 Å². The summed E-state index contributed by atoms with van der Waals surface area (Å²) in [5.74, 6) is 0. The molecule has 5 aliphatic carbocycles. The van der Waals surface area contributed by atoms with Crippen LogP contribution in [0.1, 0.15) is 138 Å². The third-order valence-electron chi connectivity index (χ3n) is 21.5. The molecular weight excluding hydrogens is 1010 g/mol. The summed E-state index contributed by atoms with van der Waals surface area (Å²) < 4.78 is 2.59. The van der Waals surface area contributed by atoms with Crippen LogP contribution in [0.4, 0.5) is 34.1 Å². The summed E-state index contributed by atoms with van der Waals surface area (Å²) in [5.41, 5.74) is 34.4. The normalized spacial score (nSPS) is 17.5. The summed E-state index contributed by atoms with van der Waals surface area (Å²) in [5, 5.41) is 2.48. The fourth-order valence-electron chi connectivity index (χ4n) is 17.0. The summed E-state index contributed by atoms with van der Waals surface area (Å²) >= 11 is 0. The fraction of sp³-hybridized carbons (Fsp3) is 0.210. The number of para-hydroxylation sites is 1. The van der Waals surface area contributed by atoms with Gasteiger partial charge in [-0.25, -0.2) is 0 Å². The zero-order valence-electron chi connectivity index (χ0n) is 50.0. The summed E-state index contributed by atoms with van der Waals surface area (Å²) in [4.78, 5) is 5.15. The van der Waals surface area contributed by atoms with Gasteiger partial charge in [-0.1, -0.05) is 202 Å². The van der Waals surface area contributed by atoms with Gasteiger partial charge in [0.1, 0.15) is 0 Å². The smallest absolute Gasteiger partial charge is 0.0583 e. The number of nitrogens with zero attached hydrogens (tertiary/aromatic N) is 3. The summed E-state index contributed by atoms with van der Waals surface area (Å²) in [7, 11) is 0. The third kappa shape index (κ3) is 6.43. The molecular formula is C81H69N3. The number of hydrogen-bond acceptors (Lipinski definition) is 2. The Morgan fingerprint density at radius 1 is 0.321 bits per heavy atom. The molecule has 0 spiro atoms. The van der Waals surface area contributed by atoms with Crippen molar-refractivity contribution in [2.24, 2.45) is 0 Å². The molecule has 17 rings (SSSR count). The van der Waals surface area contributed by atoms with Crippen LogP contribution >= 0.6 is 0 Å². The molecule has 0 radical (unpaired) electrons. The molecule has 10 aromatic carbocycles. The number of allylic oxidation sites excluding steroid dienone is 4. The fourth-order valence-corrected chi connectivity index (χ4v) is 17.0. The molecule has 0 amide bonds. The lowest BCUT2D eigenvalue weighted by Gasteiger charge is -2.36. The average Bonchev–Trinajstić information content (AvgIpc) is 1.65. The minimum absolute atomic E-state index is 0.0901. The van der Waals surface area contributed by atoms with Gasteiger partial charge in [-0.15, -0.1) is 0 Å². The Hall–Kier alpha value is -8.92. The topological polar surface area (TPSA) is 11.4 Å². The second-order valence-corrected chi connectivity index (χ2v) is 27.6. The van der Waals surface area contributed by atoms with E-state index in [0.717, 1.165) is 35.6 Å². The number of rotatable bonds is 6. The SMILES string of the molecule is CC1(C)C2=C(C=CCC2)c2ccc(N(c3ccc4c(c3)C(C)(C)c3ccccc3-4)c3cc4c5c(c3)c3cc(N(c6ccc7c(c6)C(C)(C)c6ccccc6-7)c6ccc7c(c6)C(C)(C)c6ccccc6-7)ccc3n5-c3ccccc3C4(C)C)cc21. The molecule has 1 aromatic heterocycles. The highest BCUT2D eigenvalue weighted by Gasteiger charge is 2.42. The van der Waals surface area contributed by atoms with Gasteiger partial charge < -0.3 is 14.4 Å². The molecule has 0 atom stereocenters. The van der Waals surface area contributed by atoms with Gasteiger partial charge in [-0.3, -0.25) is 0 Å². The first-order valence-electron chi connectivity index (χ1n) is 30.6. The molecule has 0 unspecified atom stereocenters. The van der Waals surface area contributed by atoms with E-state index in [1.807, 2.05) is 0 Å². The summed E-state index contributed by atoms with van der Waals surface area (Å²) in [6.45, 7) is 24.2. The van der Waals surface area contributed by atoms with E-state index in [1.165, 1.54) is 133 Å². The van der Waals surface area contributed by atoms with Gasteiger partial charge >= 0.3 is 0 Å². The Morgan fingerprint density at radius 3 is 1.23 bits per heavy atom. The Kier molecular flexibility index (Phi) is 9.85. The lowest BCUT2D eigenvalue weighted by molar-refractivity contribution is 0.607. The van der Waals surface area contributed by atoms with Crippen molar-refractivity contribution >= 4 is 61.5 Å². The lowest BCUT2D eigenvalue weighted by atomic mass is 9.74. The van der Waals surface area contributed by atoms with Crippen LogP contribution in [0.5, 0.6) is 0 Å². The summed E-state index contributed by atoms with van der Waals surface area (Å²) in [6.07, 6.45) is 6.96. The molecule has 84 heavy (non-hydrogen) atoms. The maximum absolute atomic E-state index is 2.60. The first-order valence-corrected chi connectivity index (χ1v) is 30.6. The van der Waals surface area contributed by atoms with Crippen LogP contribution in [-0.2, 0) is 27.1 Å². The molecule has 0 saturated carbocycles. The molecule has 0 bridgehead atoms. The van der Waals surface area contributed by atoms with Crippen molar-refractivity contribution in [3.63, 3.8) is 0 Å². The molecule has 1 aliphatic heterocycles. The number of fused-ring (bicyclic) bond motifs is 16. The molecule has 3 heteroatoms. The highest BCUT2D eigenvalue weighted by molar-refractivity contribution is 6.14. The standard InChI is InChI=1S/C81H69N3/c1-77(2)64-25-15-11-21-54(64)58-36-31-49(43-69(58)77)82(50-32-37-59-55-22-12-16-26-65(55)78(3,4)70(59)44-50)48-35-40-74-62(41-48)63-42-53(47-73-76(63)84(74)75-30-20-19-29-68(75)81(73,9)10)83(51-33-38-60-56-23-13-17-27-66(56)79(5,6)71(60)45-51)52-34-39-61-57-24-14-18-28-67(57)80(7,8)72(61)46-52/h11-17,19-27,29-47H,18,28H2,1-10H3. The van der Waals surface area contributed by atoms with Gasteiger partial charge in [-0.2, -0.15) is 0 Å². The number of anilines is 6. The minimum atomic E-state index is -0.323. The Bertz CT molecular complexity index is 4720. The van der Waals surface area contributed by atoms with Crippen molar-refractivity contribution in [3.8, 4) is 39.1 Å². The van der Waals surface area contributed by atoms with Gasteiger partial charge in [0.25, 0.3) is 0 Å². The van der Waals surface area contributed by atoms with E-state index in [9.17, 15) is 0 Å². The van der Waals surface area contributed by atoms with E-state index in [-0.39, 0.29) is 27.1 Å². The van der Waals surface area contributed by atoms with Gasteiger partial charge in [0.2, 0.25) is 0 Å². The third-order valence-corrected chi connectivity index (χ3v) is 21.5. The van der Waals surface area contributed by atoms with E-state index < -0.39 is 0 Å². The Balaban J connectivity index is 0.923. The monoisotopic (exact) mass is 1080 g/mol. The van der Waals surface area contributed by atoms with Crippen molar-refractivity contribution in [1.82, 2.24) is 4.57 Å². The minimum Gasteiger partial charge on any atom is -0.310 e. The van der Waals surface area contributed by atoms with Crippen molar-refractivity contribution in [1.29, 1.82) is 0 Å². The Labute approximate surface area is 494 Å². The first kappa shape index (κ1) is 49.7. The quantitative estimate of drug-likeness (QED) is 0.164. The van der Waals surface area contributed by atoms with Crippen LogP contribution in [-0.4, -0.2) is 4.57 Å². The van der Waals surface area contributed by atoms with Crippen LogP contribution in [0.2, 0.25) is 0 Å². The summed E-state index contributed by atoms with van der Waals surface area (Å²) in [6, 6.07) is 77.8.